The first-order chi connectivity index (χ1) is 8.81. The minimum Gasteiger partial charge on any atom is -1.00 e. The monoisotopic (exact) mass is 282 g/mol. The summed E-state index contributed by atoms with van der Waals surface area (Å²) in [6.07, 6.45) is 4.01. The fraction of sp³-hybridized carbons (Fsp3) is 0.600. The molecule has 0 aliphatic carbocycles. The van der Waals surface area contributed by atoms with E-state index in [9.17, 15) is 0 Å². The highest BCUT2D eigenvalue weighted by molar-refractivity contribution is 5.50. The minimum atomic E-state index is 0. The molecule has 0 aromatic heterocycles. The number of hydrogen-bond donors (Lipinski definition) is 1. The van der Waals surface area contributed by atoms with Crippen LogP contribution in [0.25, 0.3) is 0 Å². The van der Waals surface area contributed by atoms with Crippen molar-refractivity contribution in [1.82, 2.24) is 5.32 Å². The fourth-order valence-electron chi connectivity index (χ4n) is 3.31. The number of benzene rings is 1. The van der Waals surface area contributed by atoms with Gasteiger partial charge in [-0.1, -0.05) is 0 Å². The van der Waals surface area contributed by atoms with Crippen molar-refractivity contribution in [2.24, 2.45) is 5.41 Å². The summed E-state index contributed by atoms with van der Waals surface area (Å²) >= 11 is 0. The van der Waals surface area contributed by atoms with E-state index >= 15 is 0 Å². The molecule has 0 unspecified atom stereocenters. The molecular formula is C15H23ClN2O. The molecule has 0 amide bonds. The number of piperidine rings is 1. The number of ether oxygens (including phenoxy) is 1. The van der Waals surface area contributed by atoms with E-state index in [1.54, 1.807) is 7.11 Å². The van der Waals surface area contributed by atoms with Crippen LogP contribution in [0.4, 0.5) is 5.69 Å². The fourth-order valence-corrected chi connectivity index (χ4v) is 3.31. The first-order valence-electron chi connectivity index (χ1n) is 6.91. The molecule has 1 spiro atoms. The topological polar surface area (TPSA) is 24.5 Å². The van der Waals surface area contributed by atoms with Gasteiger partial charge in [-0.2, -0.15) is 0 Å². The molecule has 0 bridgehead atoms. The third-order valence-electron chi connectivity index (χ3n) is 4.54. The van der Waals surface area contributed by atoms with Crippen LogP contribution in [0.2, 0.25) is 0 Å². The smallest absolute Gasteiger partial charge is 1.00 e. The maximum atomic E-state index is 5.21. The molecule has 1 aromatic rings. The first-order valence-corrected chi connectivity index (χ1v) is 6.91. The average molecular weight is 283 g/mol. The Morgan fingerprint density at radius 1 is 1.16 bits per heavy atom. The highest BCUT2D eigenvalue weighted by Crippen LogP contribution is 2.40. The van der Waals surface area contributed by atoms with Gasteiger partial charge in [-0.3, -0.25) is 0 Å². The zero-order valence-electron chi connectivity index (χ0n) is 12.5. The van der Waals surface area contributed by atoms with E-state index in [0.29, 0.717) is 5.41 Å². The van der Waals surface area contributed by atoms with Gasteiger partial charge in [-0.25, -0.2) is 0 Å². The molecule has 3 rings (SSSR count). The maximum Gasteiger partial charge on any atom is 1.00 e. The Morgan fingerprint density at radius 3 is 2.47 bits per heavy atom. The van der Waals surface area contributed by atoms with E-state index in [1.165, 1.54) is 51.1 Å². The van der Waals surface area contributed by atoms with Gasteiger partial charge >= 0.3 is 1.43 Å². The molecule has 0 saturated carbocycles. The van der Waals surface area contributed by atoms with Gasteiger partial charge in [0.15, 0.2) is 0 Å². The Hall–Kier alpha value is -0.930. The summed E-state index contributed by atoms with van der Waals surface area (Å²) in [5.41, 5.74) is 1.91. The predicted molar refractivity (Wildman–Crippen MR) is 75.5 cm³/mol. The predicted octanol–water partition coefficient (Wildman–Crippen LogP) is -0.608. The standard InChI is InChI=1S/C15H22N2O.ClH/c1-18-14-4-2-13(3-5-14)17-11-8-15(12-17)6-9-16-10-7-15;/h2-5,16H,6-12H2,1H3;1H. The zero-order valence-corrected chi connectivity index (χ0v) is 12.2. The van der Waals surface area contributed by atoms with Gasteiger partial charge in [0.1, 0.15) is 5.75 Å². The van der Waals surface area contributed by atoms with E-state index in [4.69, 9.17) is 4.74 Å². The van der Waals surface area contributed by atoms with Gasteiger partial charge in [-0.05, 0) is 62.0 Å². The molecule has 19 heavy (non-hydrogen) atoms. The van der Waals surface area contributed by atoms with Crippen molar-refractivity contribution in [2.45, 2.75) is 19.3 Å². The molecule has 2 saturated heterocycles. The van der Waals surface area contributed by atoms with Gasteiger partial charge in [0.25, 0.3) is 0 Å². The van der Waals surface area contributed by atoms with E-state index in [-0.39, 0.29) is 13.8 Å². The number of nitrogens with one attached hydrogen (secondary N) is 1. The Morgan fingerprint density at radius 2 is 1.84 bits per heavy atom. The van der Waals surface area contributed by atoms with Crippen LogP contribution in [0, 0.1) is 5.41 Å². The van der Waals surface area contributed by atoms with Crippen molar-refractivity contribution in [3.05, 3.63) is 24.3 Å². The molecule has 2 aliphatic rings. The Balaban J connectivity index is 0.000001000. The van der Waals surface area contributed by atoms with E-state index in [2.05, 4.69) is 34.5 Å². The summed E-state index contributed by atoms with van der Waals surface area (Å²) in [7, 11) is 1.72. The highest BCUT2D eigenvalue weighted by atomic mass is 35.5. The van der Waals surface area contributed by atoms with E-state index < -0.39 is 0 Å². The largest absolute Gasteiger partial charge is 1.00 e. The van der Waals surface area contributed by atoms with Crippen LogP contribution in [-0.2, 0) is 0 Å². The molecule has 0 atom stereocenters. The maximum absolute atomic E-state index is 5.21. The van der Waals surface area contributed by atoms with Crippen molar-refractivity contribution in [2.75, 3.05) is 38.2 Å². The average Bonchev–Trinajstić information content (AvgIpc) is 2.83. The third-order valence-corrected chi connectivity index (χ3v) is 4.54. The lowest BCUT2D eigenvalue weighted by Crippen LogP contribution is -3.00. The highest BCUT2D eigenvalue weighted by Gasteiger charge is 2.38. The number of methoxy groups -OCH3 is 1. The van der Waals surface area contributed by atoms with Crippen LogP contribution in [-0.4, -0.2) is 33.3 Å². The van der Waals surface area contributed by atoms with Crippen LogP contribution < -0.4 is 27.4 Å². The molecule has 2 heterocycles. The van der Waals surface area contributed by atoms with Crippen molar-refractivity contribution in [3.8, 4) is 5.75 Å². The van der Waals surface area contributed by atoms with Crippen molar-refractivity contribution < 1.29 is 18.6 Å². The third kappa shape index (κ3) is 2.98. The lowest BCUT2D eigenvalue weighted by molar-refractivity contribution is -0.00000437. The number of hydrogen-bond acceptors (Lipinski definition) is 3. The second-order valence-electron chi connectivity index (χ2n) is 5.62. The van der Waals surface area contributed by atoms with Crippen LogP contribution in [0.3, 0.4) is 0 Å². The van der Waals surface area contributed by atoms with Gasteiger partial charge < -0.3 is 27.4 Å². The van der Waals surface area contributed by atoms with Gasteiger partial charge in [0.05, 0.1) is 7.11 Å². The molecule has 3 nitrogen and oxygen atoms in total. The Kier molecular flexibility index (Phi) is 4.58. The number of anilines is 1. The SMILES string of the molecule is COc1ccc(N2CCC3(CCNCC3)C2)cc1.[Cl-].[H+]. The number of halogens is 1. The summed E-state index contributed by atoms with van der Waals surface area (Å²) in [5.74, 6) is 0.939. The lowest BCUT2D eigenvalue weighted by atomic mass is 9.78. The second-order valence-corrected chi connectivity index (χ2v) is 5.62. The minimum absolute atomic E-state index is 0. The van der Waals surface area contributed by atoms with Crippen molar-refractivity contribution in [3.63, 3.8) is 0 Å². The Labute approximate surface area is 123 Å². The van der Waals surface area contributed by atoms with Crippen molar-refractivity contribution >= 4 is 5.69 Å². The zero-order chi connectivity index (χ0) is 12.4. The second kappa shape index (κ2) is 6.02. The molecule has 1 aromatic carbocycles. The molecule has 0 radical (unpaired) electrons. The van der Waals surface area contributed by atoms with Crippen LogP contribution in [0.15, 0.2) is 24.3 Å². The Bertz CT molecular complexity index is 407. The van der Waals surface area contributed by atoms with Crippen LogP contribution in [0.5, 0.6) is 5.75 Å². The number of rotatable bonds is 2. The van der Waals surface area contributed by atoms with E-state index in [0.717, 1.165) is 5.75 Å². The molecular weight excluding hydrogens is 260 g/mol. The van der Waals surface area contributed by atoms with Gasteiger partial charge in [-0.15, -0.1) is 0 Å². The first kappa shape index (κ1) is 14.5. The molecule has 2 fully saturated rings. The molecule has 1 N–H and O–H groups in total. The summed E-state index contributed by atoms with van der Waals surface area (Å²) in [6, 6.07) is 8.48. The van der Waals surface area contributed by atoms with Gasteiger partial charge in [0.2, 0.25) is 0 Å². The number of nitrogens with zero attached hydrogens (tertiary/aromatic N) is 1. The van der Waals surface area contributed by atoms with Gasteiger partial charge in [0, 0.05) is 18.8 Å². The summed E-state index contributed by atoms with van der Waals surface area (Å²) < 4.78 is 5.21. The summed E-state index contributed by atoms with van der Waals surface area (Å²) in [5, 5.41) is 3.47. The summed E-state index contributed by atoms with van der Waals surface area (Å²) in [4.78, 5) is 2.53. The van der Waals surface area contributed by atoms with Crippen LogP contribution in [0.1, 0.15) is 20.7 Å². The normalized spacial score (nSPS) is 21.2. The summed E-state index contributed by atoms with van der Waals surface area (Å²) in [6.45, 7) is 4.81. The molecule has 4 heteroatoms. The lowest BCUT2D eigenvalue weighted by Gasteiger charge is -2.34. The van der Waals surface area contributed by atoms with E-state index in [1.807, 2.05) is 0 Å². The van der Waals surface area contributed by atoms with Crippen molar-refractivity contribution in [1.29, 1.82) is 0 Å². The molecule has 2 aliphatic heterocycles. The van der Waals surface area contributed by atoms with Crippen LogP contribution >= 0.6 is 0 Å². The molecule has 106 valence electrons. The quantitative estimate of drug-likeness (QED) is 0.783.